The molecule has 0 heterocycles. The maximum atomic E-state index is 12.8. The molecule has 1 saturated carbocycles. The SMILES string of the molecule is CC(C=CS(C)(=O)=O)NC(=O)c1ccc(C2CCCC2)cc1Oc1ccccc1. The third-order valence-corrected chi connectivity index (χ3v) is 5.67. The molecular formula is C23H27NO4S. The van der Waals surface area contributed by atoms with E-state index in [1.807, 2.05) is 42.5 Å². The topological polar surface area (TPSA) is 72.5 Å². The number of amides is 1. The van der Waals surface area contributed by atoms with E-state index in [1.165, 1.54) is 24.5 Å². The average Bonchev–Trinajstić information content (AvgIpc) is 3.21. The van der Waals surface area contributed by atoms with Crippen molar-refractivity contribution in [3.8, 4) is 11.5 Å². The van der Waals surface area contributed by atoms with Crippen molar-refractivity contribution in [1.82, 2.24) is 5.32 Å². The number of benzene rings is 2. The van der Waals surface area contributed by atoms with Gasteiger partial charge in [0, 0.05) is 17.7 Å². The minimum atomic E-state index is -3.24. The smallest absolute Gasteiger partial charge is 0.255 e. The fraction of sp³-hybridized carbons (Fsp3) is 0.348. The van der Waals surface area contributed by atoms with Crippen LogP contribution in [0.25, 0.3) is 0 Å². The van der Waals surface area contributed by atoms with Gasteiger partial charge in [-0.1, -0.05) is 43.2 Å². The van der Waals surface area contributed by atoms with Gasteiger partial charge in [-0.2, -0.15) is 0 Å². The summed E-state index contributed by atoms with van der Waals surface area (Å²) >= 11 is 0. The number of hydrogen-bond donors (Lipinski definition) is 1. The number of rotatable bonds is 7. The number of carbonyl (C=O) groups is 1. The highest BCUT2D eigenvalue weighted by Gasteiger charge is 2.21. The number of para-hydroxylation sites is 1. The van der Waals surface area contributed by atoms with Gasteiger partial charge < -0.3 is 10.1 Å². The molecule has 1 unspecified atom stereocenters. The molecule has 1 atom stereocenters. The molecule has 0 saturated heterocycles. The highest BCUT2D eigenvalue weighted by Crippen LogP contribution is 2.37. The third-order valence-electron chi connectivity index (χ3n) is 5.02. The van der Waals surface area contributed by atoms with Crippen molar-refractivity contribution in [3.05, 3.63) is 71.1 Å². The molecule has 0 radical (unpaired) electrons. The molecular weight excluding hydrogens is 386 g/mol. The van der Waals surface area contributed by atoms with Crippen molar-refractivity contribution >= 4 is 15.7 Å². The lowest BCUT2D eigenvalue weighted by molar-refractivity contribution is 0.0944. The van der Waals surface area contributed by atoms with Crippen LogP contribution in [0.2, 0.25) is 0 Å². The molecule has 1 amide bonds. The molecule has 2 aromatic carbocycles. The van der Waals surface area contributed by atoms with E-state index in [9.17, 15) is 13.2 Å². The first-order valence-electron chi connectivity index (χ1n) is 9.88. The minimum Gasteiger partial charge on any atom is -0.457 e. The fourth-order valence-electron chi connectivity index (χ4n) is 3.53. The molecule has 6 heteroatoms. The maximum absolute atomic E-state index is 12.8. The second kappa shape index (κ2) is 9.27. The zero-order valence-electron chi connectivity index (χ0n) is 16.8. The van der Waals surface area contributed by atoms with Crippen molar-refractivity contribution in [2.75, 3.05) is 6.26 Å². The standard InChI is InChI=1S/C23H27NO4S/c1-17(14-15-29(2,26)27)24-23(25)21-13-12-19(18-8-6-7-9-18)16-22(21)28-20-10-4-3-5-11-20/h3-5,10-18H,6-9H2,1-2H3,(H,24,25). The Hall–Kier alpha value is -2.60. The van der Waals surface area contributed by atoms with Gasteiger partial charge in [-0.05, 0) is 55.5 Å². The Morgan fingerprint density at radius 1 is 1.14 bits per heavy atom. The quantitative estimate of drug-likeness (QED) is 0.707. The number of carbonyl (C=O) groups excluding carboxylic acids is 1. The number of nitrogens with one attached hydrogen (secondary N) is 1. The summed E-state index contributed by atoms with van der Waals surface area (Å²) in [6.45, 7) is 1.73. The molecule has 1 fully saturated rings. The second-order valence-corrected chi connectivity index (χ2v) is 9.50. The van der Waals surface area contributed by atoms with Gasteiger partial charge >= 0.3 is 0 Å². The van der Waals surface area contributed by atoms with Crippen LogP contribution in [-0.4, -0.2) is 26.6 Å². The number of hydrogen-bond acceptors (Lipinski definition) is 4. The average molecular weight is 414 g/mol. The van der Waals surface area contributed by atoms with Crippen LogP contribution in [0.5, 0.6) is 11.5 Å². The summed E-state index contributed by atoms with van der Waals surface area (Å²) in [6.07, 6.45) is 7.34. The lowest BCUT2D eigenvalue weighted by Crippen LogP contribution is -2.31. The van der Waals surface area contributed by atoms with Crippen LogP contribution >= 0.6 is 0 Å². The molecule has 3 rings (SSSR count). The Morgan fingerprint density at radius 3 is 2.48 bits per heavy atom. The van der Waals surface area contributed by atoms with E-state index < -0.39 is 15.9 Å². The minimum absolute atomic E-state index is 0.306. The summed E-state index contributed by atoms with van der Waals surface area (Å²) in [6, 6.07) is 14.7. The van der Waals surface area contributed by atoms with Crippen molar-refractivity contribution in [1.29, 1.82) is 0 Å². The predicted octanol–water partition coefficient (Wildman–Crippen LogP) is 4.81. The van der Waals surface area contributed by atoms with Crippen LogP contribution in [0.15, 0.2) is 60.0 Å². The van der Waals surface area contributed by atoms with E-state index in [4.69, 9.17) is 4.74 Å². The molecule has 29 heavy (non-hydrogen) atoms. The van der Waals surface area contributed by atoms with Crippen LogP contribution in [0.1, 0.15) is 54.4 Å². The van der Waals surface area contributed by atoms with Crippen LogP contribution in [0.4, 0.5) is 0 Å². The summed E-state index contributed by atoms with van der Waals surface area (Å²) in [7, 11) is -3.24. The number of sulfone groups is 1. The van der Waals surface area contributed by atoms with Gasteiger partial charge in [0.15, 0.2) is 9.84 Å². The molecule has 0 bridgehead atoms. The Balaban J connectivity index is 1.85. The molecule has 2 aromatic rings. The van der Waals surface area contributed by atoms with E-state index in [1.54, 1.807) is 13.0 Å². The van der Waals surface area contributed by atoms with Crippen molar-refractivity contribution < 1.29 is 17.9 Å². The molecule has 0 aromatic heterocycles. The summed E-state index contributed by atoms with van der Waals surface area (Å²) in [4.78, 5) is 12.8. The van der Waals surface area contributed by atoms with Crippen LogP contribution in [0.3, 0.4) is 0 Å². The zero-order valence-corrected chi connectivity index (χ0v) is 17.6. The van der Waals surface area contributed by atoms with E-state index in [2.05, 4.69) is 5.32 Å². The highest BCUT2D eigenvalue weighted by atomic mass is 32.2. The lowest BCUT2D eigenvalue weighted by Gasteiger charge is -2.17. The molecule has 1 aliphatic rings. The lowest BCUT2D eigenvalue weighted by atomic mass is 9.96. The van der Waals surface area contributed by atoms with Crippen LogP contribution in [-0.2, 0) is 9.84 Å². The number of ether oxygens (including phenoxy) is 1. The monoisotopic (exact) mass is 413 g/mol. The zero-order chi connectivity index (χ0) is 20.9. The Morgan fingerprint density at radius 2 is 1.83 bits per heavy atom. The Kier molecular flexibility index (Phi) is 6.75. The molecule has 0 spiro atoms. The first-order chi connectivity index (χ1) is 13.8. The van der Waals surface area contributed by atoms with Crippen molar-refractivity contribution in [2.24, 2.45) is 0 Å². The summed E-state index contributed by atoms with van der Waals surface area (Å²) < 4.78 is 28.6. The van der Waals surface area contributed by atoms with Gasteiger partial charge in [-0.3, -0.25) is 4.79 Å². The van der Waals surface area contributed by atoms with E-state index in [0.29, 0.717) is 23.0 Å². The Bertz CT molecular complexity index is 977. The maximum Gasteiger partial charge on any atom is 0.255 e. The Labute approximate surface area is 172 Å². The molecule has 5 nitrogen and oxygen atoms in total. The molecule has 0 aliphatic heterocycles. The summed E-state index contributed by atoms with van der Waals surface area (Å²) in [5, 5.41) is 3.91. The van der Waals surface area contributed by atoms with Crippen molar-refractivity contribution in [3.63, 3.8) is 0 Å². The van der Waals surface area contributed by atoms with Gasteiger partial charge in [0.25, 0.3) is 5.91 Å². The first kappa shape index (κ1) is 21.1. The van der Waals surface area contributed by atoms with E-state index in [-0.39, 0.29) is 5.91 Å². The fourth-order valence-corrected chi connectivity index (χ4v) is 4.05. The molecule has 154 valence electrons. The van der Waals surface area contributed by atoms with Crippen molar-refractivity contribution in [2.45, 2.75) is 44.6 Å². The van der Waals surface area contributed by atoms with Gasteiger partial charge in [-0.15, -0.1) is 0 Å². The van der Waals surface area contributed by atoms with E-state index >= 15 is 0 Å². The second-order valence-electron chi connectivity index (χ2n) is 7.57. The normalized spacial score (nSPS) is 16.1. The summed E-state index contributed by atoms with van der Waals surface area (Å²) in [5.41, 5.74) is 1.62. The van der Waals surface area contributed by atoms with Gasteiger partial charge in [0.2, 0.25) is 0 Å². The molecule has 1 N–H and O–H groups in total. The van der Waals surface area contributed by atoms with E-state index in [0.717, 1.165) is 24.5 Å². The van der Waals surface area contributed by atoms with Gasteiger partial charge in [0.05, 0.1) is 5.56 Å². The third kappa shape index (κ3) is 6.19. The van der Waals surface area contributed by atoms with Crippen LogP contribution < -0.4 is 10.1 Å². The first-order valence-corrected chi connectivity index (χ1v) is 11.8. The molecule has 1 aliphatic carbocycles. The largest absolute Gasteiger partial charge is 0.457 e. The highest BCUT2D eigenvalue weighted by molar-refractivity contribution is 7.93. The van der Waals surface area contributed by atoms with Gasteiger partial charge in [0.1, 0.15) is 11.5 Å². The van der Waals surface area contributed by atoms with Crippen LogP contribution in [0, 0.1) is 0 Å². The predicted molar refractivity (Wildman–Crippen MR) is 115 cm³/mol. The summed E-state index contributed by atoms with van der Waals surface area (Å²) in [5.74, 6) is 1.37. The van der Waals surface area contributed by atoms with Gasteiger partial charge in [-0.25, -0.2) is 8.42 Å².